The maximum Gasteiger partial charge on any atom is 0.308 e. The van der Waals surface area contributed by atoms with Gasteiger partial charge in [0.05, 0.1) is 25.0 Å². The van der Waals surface area contributed by atoms with E-state index in [1.807, 2.05) is 17.9 Å². The molecule has 1 heterocycles. The van der Waals surface area contributed by atoms with E-state index >= 15 is 0 Å². The normalized spacial score (nSPS) is 24.2. The van der Waals surface area contributed by atoms with Crippen molar-refractivity contribution in [3.8, 4) is 6.07 Å². The zero-order valence-electron chi connectivity index (χ0n) is 9.85. The van der Waals surface area contributed by atoms with Crippen LogP contribution in [0.3, 0.4) is 0 Å². The quantitative estimate of drug-likeness (QED) is 0.641. The van der Waals surface area contributed by atoms with Gasteiger partial charge in [0.2, 0.25) is 5.91 Å². The molecule has 0 spiro atoms. The molecule has 0 bridgehead atoms. The van der Waals surface area contributed by atoms with Crippen LogP contribution in [0, 0.1) is 23.2 Å². The van der Waals surface area contributed by atoms with Crippen LogP contribution >= 0.6 is 0 Å². The number of nitrogens with one attached hydrogen (secondary N) is 1. The molecular weight excluding hydrogens is 222 g/mol. The Morgan fingerprint density at radius 1 is 1.53 bits per heavy atom. The van der Waals surface area contributed by atoms with Gasteiger partial charge in [-0.1, -0.05) is 6.92 Å². The van der Waals surface area contributed by atoms with E-state index < -0.39 is 5.97 Å². The number of hydrogen-bond donors (Lipinski definition) is 2. The van der Waals surface area contributed by atoms with Gasteiger partial charge in [-0.25, -0.2) is 0 Å². The van der Waals surface area contributed by atoms with Crippen molar-refractivity contribution in [3.05, 3.63) is 0 Å². The summed E-state index contributed by atoms with van der Waals surface area (Å²) >= 11 is 0. The van der Waals surface area contributed by atoms with E-state index in [-0.39, 0.29) is 24.3 Å². The number of amides is 1. The largest absolute Gasteiger partial charge is 0.481 e. The van der Waals surface area contributed by atoms with Crippen LogP contribution in [-0.4, -0.2) is 48.1 Å². The van der Waals surface area contributed by atoms with Gasteiger partial charge in [0, 0.05) is 19.6 Å². The molecule has 0 aromatic heterocycles. The van der Waals surface area contributed by atoms with Gasteiger partial charge >= 0.3 is 5.97 Å². The number of likely N-dealkylation sites (tertiary alicyclic amines) is 1. The Morgan fingerprint density at radius 3 is 2.76 bits per heavy atom. The molecule has 6 heteroatoms. The average Bonchev–Trinajstić information content (AvgIpc) is 2.60. The molecular formula is C11H17N3O3. The van der Waals surface area contributed by atoms with Gasteiger partial charge in [0.15, 0.2) is 0 Å². The summed E-state index contributed by atoms with van der Waals surface area (Å²) in [5, 5.41) is 19.9. The first-order valence-electron chi connectivity index (χ1n) is 5.63. The molecule has 17 heavy (non-hydrogen) atoms. The zero-order chi connectivity index (χ0) is 12.8. The monoisotopic (exact) mass is 239 g/mol. The van der Waals surface area contributed by atoms with Crippen LogP contribution in [0.25, 0.3) is 0 Å². The maximum atomic E-state index is 11.4. The van der Waals surface area contributed by atoms with Crippen LogP contribution in [-0.2, 0) is 9.59 Å². The number of carboxylic acid groups (broad SMARTS) is 1. The number of nitriles is 1. The third-order valence-electron chi connectivity index (χ3n) is 2.93. The summed E-state index contributed by atoms with van der Waals surface area (Å²) in [5.74, 6) is -1.27. The molecule has 0 radical (unpaired) electrons. The summed E-state index contributed by atoms with van der Waals surface area (Å²) in [6.45, 7) is 3.48. The molecule has 1 amide bonds. The van der Waals surface area contributed by atoms with Crippen molar-refractivity contribution in [1.29, 1.82) is 5.26 Å². The molecule has 1 rings (SSSR count). The molecule has 0 saturated carbocycles. The summed E-state index contributed by atoms with van der Waals surface area (Å²) < 4.78 is 0. The fourth-order valence-corrected chi connectivity index (χ4v) is 2.03. The second kappa shape index (κ2) is 6.21. The van der Waals surface area contributed by atoms with Gasteiger partial charge in [-0.15, -0.1) is 0 Å². The van der Waals surface area contributed by atoms with Crippen LogP contribution in [0.4, 0.5) is 0 Å². The van der Waals surface area contributed by atoms with E-state index in [9.17, 15) is 9.59 Å². The standard InChI is InChI=1S/C11H17N3O3/c1-8-5-14(6-9(8)11(16)17)7-10(15)13-4-2-3-12/h8-9H,2,4-7H2,1H3,(H,13,15)(H,16,17)/t8-,9-/m1/s1. The van der Waals surface area contributed by atoms with E-state index in [4.69, 9.17) is 10.4 Å². The van der Waals surface area contributed by atoms with E-state index in [2.05, 4.69) is 5.32 Å². The molecule has 1 fully saturated rings. The van der Waals surface area contributed by atoms with Crippen LogP contribution in [0.2, 0.25) is 0 Å². The Morgan fingerprint density at radius 2 is 2.24 bits per heavy atom. The molecule has 94 valence electrons. The highest BCUT2D eigenvalue weighted by atomic mass is 16.4. The topological polar surface area (TPSA) is 93.4 Å². The Bertz CT molecular complexity index is 337. The summed E-state index contributed by atoms with van der Waals surface area (Å²) in [5.41, 5.74) is 0. The lowest BCUT2D eigenvalue weighted by atomic mass is 9.99. The Labute approximate surface area is 100 Å². The number of aliphatic carboxylic acids is 1. The molecule has 6 nitrogen and oxygen atoms in total. The van der Waals surface area contributed by atoms with Crippen LogP contribution < -0.4 is 5.32 Å². The van der Waals surface area contributed by atoms with Crippen molar-refractivity contribution >= 4 is 11.9 Å². The Balaban J connectivity index is 2.32. The lowest BCUT2D eigenvalue weighted by molar-refractivity contribution is -0.142. The fraction of sp³-hybridized carbons (Fsp3) is 0.727. The average molecular weight is 239 g/mol. The molecule has 1 aliphatic heterocycles. The van der Waals surface area contributed by atoms with Gasteiger partial charge in [0.25, 0.3) is 0 Å². The van der Waals surface area contributed by atoms with E-state index in [0.29, 0.717) is 26.1 Å². The fourth-order valence-electron chi connectivity index (χ4n) is 2.03. The highest BCUT2D eigenvalue weighted by Crippen LogP contribution is 2.22. The molecule has 1 aliphatic rings. The molecule has 0 unspecified atom stereocenters. The van der Waals surface area contributed by atoms with Crippen molar-refractivity contribution in [3.63, 3.8) is 0 Å². The van der Waals surface area contributed by atoms with E-state index in [1.165, 1.54) is 0 Å². The second-order valence-electron chi connectivity index (χ2n) is 4.37. The highest BCUT2D eigenvalue weighted by Gasteiger charge is 2.35. The third kappa shape index (κ3) is 4.04. The summed E-state index contributed by atoms with van der Waals surface area (Å²) in [4.78, 5) is 24.2. The number of carboxylic acids is 1. The molecule has 0 aromatic carbocycles. The minimum Gasteiger partial charge on any atom is -0.481 e. The van der Waals surface area contributed by atoms with E-state index in [1.54, 1.807) is 0 Å². The number of hydrogen-bond acceptors (Lipinski definition) is 4. The van der Waals surface area contributed by atoms with Gasteiger partial charge in [0.1, 0.15) is 0 Å². The van der Waals surface area contributed by atoms with Crippen molar-refractivity contribution in [1.82, 2.24) is 10.2 Å². The maximum absolute atomic E-state index is 11.4. The molecule has 2 N–H and O–H groups in total. The predicted octanol–water partition coefficient (Wildman–Crippen LogP) is -0.331. The number of carbonyl (C=O) groups excluding carboxylic acids is 1. The summed E-state index contributed by atoms with van der Waals surface area (Å²) in [7, 11) is 0. The minimum absolute atomic E-state index is 0.0689. The molecule has 1 saturated heterocycles. The first-order chi connectivity index (χ1) is 8.04. The first-order valence-corrected chi connectivity index (χ1v) is 5.63. The zero-order valence-corrected chi connectivity index (χ0v) is 9.85. The van der Waals surface area contributed by atoms with Crippen molar-refractivity contribution < 1.29 is 14.7 Å². The van der Waals surface area contributed by atoms with Crippen LogP contribution in [0.5, 0.6) is 0 Å². The van der Waals surface area contributed by atoms with Crippen molar-refractivity contribution in [2.45, 2.75) is 13.3 Å². The number of rotatable bonds is 5. The van der Waals surface area contributed by atoms with Gasteiger partial charge < -0.3 is 10.4 Å². The minimum atomic E-state index is -0.801. The van der Waals surface area contributed by atoms with Gasteiger partial charge in [-0.05, 0) is 5.92 Å². The summed E-state index contributed by atoms with van der Waals surface area (Å²) in [6, 6.07) is 1.94. The van der Waals surface area contributed by atoms with Crippen molar-refractivity contribution in [2.24, 2.45) is 11.8 Å². The third-order valence-corrected chi connectivity index (χ3v) is 2.93. The number of carbonyl (C=O) groups is 2. The Hall–Kier alpha value is -1.61. The summed E-state index contributed by atoms with van der Waals surface area (Å²) in [6.07, 6.45) is 0.292. The predicted molar refractivity (Wildman–Crippen MR) is 60.0 cm³/mol. The second-order valence-corrected chi connectivity index (χ2v) is 4.37. The Kier molecular flexibility index (Phi) is 4.91. The molecule has 0 aliphatic carbocycles. The lowest BCUT2D eigenvalue weighted by Crippen LogP contribution is -2.36. The highest BCUT2D eigenvalue weighted by molar-refractivity contribution is 5.78. The van der Waals surface area contributed by atoms with Gasteiger partial charge in [-0.3, -0.25) is 14.5 Å². The molecule has 0 aromatic rings. The first kappa shape index (κ1) is 13.5. The van der Waals surface area contributed by atoms with Gasteiger partial charge in [-0.2, -0.15) is 5.26 Å². The van der Waals surface area contributed by atoms with E-state index in [0.717, 1.165) is 0 Å². The lowest BCUT2D eigenvalue weighted by Gasteiger charge is -2.14. The smallest absolute Gasteiger partial charge is 0.308 e. The number of nitrogens with zero attached hydrogens (tertiary/aromatic N) is 2. The van der Waals surface area contributed by atoms with Crippen molar-refractivity contribution in [2.75, 3.05) is 26.2 Å². The molecule has 2 atom stereocenters. The van der Waals surface area contributed by atoms with Crippen LogP contribution in [0.1, 0.15) is 13.3 Å². The van der Waals surface area contributed by atoms with Crippen LogP contribution in [0.15, 0.2) is 0 Å². The SMILES string of the molecule is C[C@@H]1CN(CC(=O)NCCC#N)C[C@H]1C(=O)O.